The van der Waals surface area contributed by atoms with Gasteiger partial charge in [0.1, 0.15) is 0 Å². The lowest BCUT2D eigenvalue weighted by Crippen LogP contribution is -2.41. The Balaban J connectivity index is 1.93. The smallest absolute Gasteiger partial charge is 0.0342 e. The van der Waals surface area contributed by atoms with Crippen LogP contribution in [0.15, 0.2) is 30.3 Å². The van der Waals surface area contributed by atoms with Gasteiger partial charge in [0.25, 0.3) is 0 Å². The molecule has 2 rings (SSSR count). The van der Waals surface area contributed by atoms with Crippen LogP contribution in [0.5, 0.6) is 0 Å². The Morgan fingerprint density at radius 1 is 1.14 bits per heavy atom. The molecule has 1 fully saturated rings. The molecular weight excluding hydrogens is 170 g/mol. The summed E-state index contributed by atoms with van der Waals surface area (Å²) in [5, 5.41) is 3.61. The van der Waals surface area contributed by atoms with Crippen LogP contribution in [-0.4, -0.2) is 6.04 Å². The molecule has 0 aromatic heterocycles. The number of hydrogen-bond donors (Lipinski definition) is 1. The van der Waals surface area contributed by atoms with Gasteiger partial charge in [-0.2, -0.15) is 0 Å². The zero-order valence-corrected chi connectivity index (χ0v) is 9.03. The van der Waals surface area contributed by atoms with Crippen molar-refractivity contribution in [1.29, 1.82) is 0 Å². The minimum Gasteiger partial charge on any atom is -0.382 e. The first-order chi connectivity index (χ1) is 6.77. The summed E-state index contributed by atoms with van der Waals surface area (Å²) in [6.07, 6.45) is 2.72. The van der Waals surface area contributed by atoms with E-state index in [-0.39, 0.29) is 0 Å². The minimum atomic E-state index is 0.706. The second-order valence-electron chi connectivity index (χ2n) is 4.60. The maximum absolute atomic E-state index is 3.61. The molecule has 1 nitrogen and oxygen atoms in total. The average molecular weight is 189 g/mol. The number of rotatable bonds is 3. The van der Waals surface area contributed by atoms with Crippen LogP contribution in [-0.2, 0) is 0 Å². The van der Waals surface area contributed by atoms with Crippen molar-refractivity contribution in [3.05, 3.63) is 30.3 Å². The molecule has 1 N–H and O–H groups in total. The molecule has 1 aliphatic carbocycles. The predicted molar refractivity (Wildman–Crippen MR) is 61.4 cm³/mol. The van der Waals surface area contributed by atoms with Crippen LogP contribution in [0.25, 0.3) is 0 Å². The summed E-state index contributed by atoms with van der Waals surface area (Å²) < 4.78 is 0. The molecule has 0 aliphatic heterocycles. The van der Waals surface area contributed by atoms with Gasteiger partial charge in [0, 0.05) is 11.7 Å². The molecule has 0 amide bonds. The molecule has 0 heterocycles. The normalized spacial score (nSPS) is 25.9. The second kappa shape index (κ2) is 4.04. The lowest BCUT2D eigenvalue weighted by atomic mass is 9.73. The Morgan fingerprint density at radius 2 is 1.86 bits per heavy atom. The summed E-state index contributed by atoms with van der Waals surface area (Å²) >= 11 is 0. The highest BCUT2D eigenvalue weighted by molar-refractivity contribution is 5.44. The van der Waals surface area contributed by atoms with Gasteiger partial charge in [-0.15, -0.1) is 0 Å². The van der Waals surface area contributed by atoms with Crippen LogP contribution in [0.2, 0.25) is 0 Å². The van der Waals surface area contributed by atoms with Gasteiger partial charge in [0.05, 0.1) is 0 Å². The van der Waals surface area contributed by atoms with E-state index in [1.165, 1.54) is 18.5 Å². The fourth-order valence-electron chi connectivity index (χ4n) is 2.25. The summed E-state index contributed by atoms with van der Waals surface area (Å²) in [7, 11) is 0. The molecule has 1 saturated carbocycles. The zero-order chi connectivity index (χ0) is 9.97. The molecule has 0 spiro atoms. The van der Waals surface area contributed by atoms with Crippen LogP contribution in [0.4, 0.5) is 5.69 Å². The first-order valence-corrected chi connectivity index (χ1v) is 5.59. The number of hydrogen-bond acceptors (Lipinski definition) is 1. The lowest BCUT2D eigenvalue weighted by Gasteiger charge is -2.40. The van der Waals surface area contributed by atoms with E-state index in [2.05, 4.69) is 49.5 Å². The number of benzene rings is 1. The van der Waals surface area contributed by atoms with Crippen molar-refractivity contribution in [3.8, 4) is 0 Å². The lowest BCUT2D eigenvalue weighted by molar-refractivity contribution is 0.206. The minimum absolute atomic E-state index is 0.706. The van der Waals surface area contributed by atoms with Gasteiger partial charge in [0.15, 0.2) is 0 Å². The van der Waals surface area contributed by atoms with Gasteiger partial charge in [-0.3, -0.25) is 0 Å². The van der Waals surface area contributed by atoms with Crippen molar-refractivity contribution < 1.29 is 0 Å². The Hall–Kier alpha value is -0.980. The van der Waals surface area contributed by atoms with Gasteiger partial charge >= 0.3 is 0 Å². The van der Waals surface area contributed by atoms with Gasteiger partial charge in [-0.1, -0.05) is 32.0 Å². The predicted octanol–water partition coefficient (Wildman–Crippen LogP) is 3.53. The highest BCUT2D eigenvalue weighted by Crippen LogP contribution is 2.35. The van der Waals surface area contributed by atoms with Gasteiger partial charge in [-0.25, -0.2) is 0 Å². The number of anilines is 1. The van der Waals surface area contributed by atoms with Gasteiger partial charge in [-0.05, 0) is 36.8 Å². The third-order valence-corrected chi connectivity index (χ3v) is 3.31. The maximum Gasteiger partial charge on any atom is 0.0342 e. The van der Waals surface area contributed by atoms with Gasteiger partial charge < -0.3 is 5.32 Å². The van der Waals surface area contributed by atoms with Crippen molar-refractivity contribution in [1.82, 2.24) is 0 Å². The highest BCUT2D eigenvalue weighted by Gasteiger charge is 2.32. The van der Waals surface area contributed by atoms with E-state index >= 15 is 0 Å². The van der Waals surface area contributed by atoms with Crippen LogP contribution < -0.4 is 5.32 Å². The van der Waals surface area contributed by atoms with Crippen LogP contribution in [0, 0.1) is 11.8 Å². The topological polar surface area (TPSA) is 12.0 Å². The molecular formula is C13H19N. The Bertz CT molecular complexity index is 279. The van der Waals surface area contributed by atoms with E-state index in [4.69, 9.17) is 0 Å². The van der Waals surface area contributed by atoms with Crippen molar-refractivity contribution in [3.63, 3.8) is 0 Å². The first kappa shape index (κ1) is 9.57. The van der Waals surface area contributed by atoms with Crippen molar-refractivity contribution in [2.75, 3.05) is 5.32 Å². The summed E-state index contributed by atoms with van der Waals surface area (Å²) in [5.41, 5.74) is 1.27. The van der Waals surface area contributed by atoms with Crippen molar-refractivity contribution in [2.45, 2.75) is 32.7 Å². The molecule has 1 aliphatic rings. The summed E-state index contributed by atoms with van der Waals surface area (Å²) in [5.74, 6) is 1.68. The number of para-hydroxylation sites is 1. The third-order valence-electron chi connectivity index (χ3n) is 3.31. The van der Waals surface area contributed by atoms with Crippen molar-refractivity contribution >= 4 is 5.69 Å². The molecule has 2 unspecified atom stereocenters. The van der Waals surface area contributed by atoms with E-state index in [0.29, 0.717) is 6.04 Å². The Labute approximate surface area is 86.5 Å². The van der Waals surface area contributed by atoms with Gasteiger partial charge in [0.2, 0.25) is 0 Å². The third kappa shape index (κ3) is 1.92. The molecule has 1 heteroatoms. The molecule has 1 aromatic carbocycles. The Morgan fingerprint density at radius 3 is 2.36 bits per heavy atom. The molecule has 1 aromatic rings. The maximum atomic E-state index is 3.61. The first-order valence-electron chi connectivity index (χ1n) is 5.59. The molecule has 2 atom stereocenters. The largest absolute Gasteiger partial charge is 0.382 e. The molecule has 0 radical (unpaired) electrons. The quantitative estimate of drug-likeness (QED) is 0.767. The van der Waals surface area contributed by atoms with E-state index in [1.54, 1.807) is 0 Å². The summed E-state index contributed by atoms with van der Waals surface area (Å²) in [4.78, 5) is 0. The second-order valence-corrected chi connectivity index (χ2v) is 4.60. The summed E-state index contributed by atoms with van der Waals surface area (Å²) in [6, 6.07) is 11.2. The fourth-order valence-corrected chi connectivity index (χ4v) is 2.25. The monoisotopic (exact) mass is 189 g/mol. The zero-order valence-electron chi connectivity index (χ0n) is 9.03. The number of nitrogens with one attached hydrogen (secondary N) is 1. The molecule has 76 valence electrons. The van der Waals surface area contributed by atoms with E-state index in [9.17, 15) is 0 Å². The van der Waals surface area contributed by atoms with E-state index in [1.807, 2.05) is 0 Å². The Kier molecular flexibility index (Phi) is 2.76. The van der Waals surface area contributed by atoms with Crippen LogP contribution >= 0.6 is 0 Å². The average Bonchev–Trinajstić information content (AvgIpc) is 2.13. The van der Waals surface area contributed by atoms with E-state index < -0.39 is 0 Å². The standard InChI is InChI=1S/C13H19N/c1-10(2)12-8-9-13(12)14-11-6-4-3-5-7-11/h3-7,10,12-14H,8-9H2,1-2H3. The molecule has 14 heavy (non-hydrogen) atoms. The van der Waals surface area contributed by atoms with Crippen molar-refractivity contribution in [2.24, 2.45) is 11.8 Å². The molecule has 0 bridgehead atoms. The SMILES string of the molecule is CC(C)C1CCC1Nc1ccccc1. The van der Waals surface area contributed by atoms with Crippen LogP contribution in [0.1, 0.15) is 26.7 Å². The highest BCUT2D eigenvalue weighted by atomic mass is 14.9. The molecule has 0 saturated heterocycles. The summed E-state index contributed by atoms with van der Waals surface area (Å²) in [6.45, 7) is 4.65. The van der Waals surface area contributed by atoms with Crippen LogP contribution in [0.3, 0.4) is 0 Å². The van der Waals surface area contributed by atoms with E-state index in [0.717, 1.165) is 11.8 Å². The fraction of sp³-hybridized carbons (Fsp3) is 0.538.